The van der Waals surface area contributed by atoms with E-state index in [1.165, 1.54) is 0 Å². The van der Waals surface area contributed by atoms with Crippen LogP contribution in [0.15, 0.2) is 0 Å². The van der Waals surface area contributed by atoms with Crippen molar-refractivity contribution in [1.29, 1.82) is 0 Å². The minimum Gasteiger partial charge on any atom is -0.387 e. The van der Waals surface area contributed by atoms with Gasteiger partial charge in [0.2, 0.25) is 0 Å². The van der Waals surface area contributed by atoms with E-state index in [4.69, 9.17) is 75.8 Å². The molecule has 32 nitrogen and oxygen atoms in total. The maximum Gasteiger partial charge on any atom is 0.187 e. The lowest BCUT2D eigenvalue weighted by molar-refractivity contribution is -0.401. The summed E-state index contributed by atoms with van der Waals surface area (Å²) in [5.74, 6) is 0. The normalized spacial score (nSPS) is 55.4. The Bertz CT molecular complexity index is 1700. The molecule has 88 heavy (non-hydrogen) atoms. The fourth-order valence-corrected chi connectivity index (χ4v) is 13.4. The van der Waals surface area contributed by atoms with Gasteiger partial charge in [0, 0.05) is 0 Å². The molecule has 0 amide bonds. The van der Waals surface area contributed by atoms with Crippen LogP contribution in [0.3, 0.4) is 0 Å². The predicted molar refractivity (Wildman–Crippen MR) is 287 cm³/mol. The first-order valence-electron chi connectivity index (χ1n) is 31.3. The number of rotatable bonds is 8. The highest BCUT2D eigenvalue weighted by Gasteiger charge is 2.60. The Hall–Kier alpha value is -1.28. The SMILES string of the molecule is CCC1O[C@@H]2O[C@@H]3C(CC)O[C@H](O[C@@H]4C(CC)O[C@H](O[C@@H]5C(CC)O[C@H](O[C@@H]6C(CC)O[C@H](O[C@@H]7C(CC)O[C@H](O[C@@H]8C(CC)O[C@H](O[C@@H]9C(CC)O[C@H](O[C@H]1C(O)[C@H]2O)[C@H](O)C9O)[C@H](O)C8O)[C@H](O)C7O)[C@H](O)C6O)[C@H](O)C5O)[C@H](O)C4O)[C@H](O)C3O. The molecule has 30 heterocycles. The van der Waals surface area contributed by atoms with Crippen molar-refractivity contribution in [2.45, 2.75) is 352 Å². The van der Waals surface area contributed by atoms with E-state index in [1.54, 1.807) is 55.4 Å². The van der Waals surface area contributed by atoms with Gasteiger partial charge in [-0.1, -0.05) is 55.4 Å². The Morgan fingerprint density at radius 1 is 0.148 bits per heavy atom. The van der Waals surface area contributed by atoms with E-state index >= 15 is 0 Å². The van der Waals surface area contributed by atoms with Gasteiger partial charge in [0.15, 0.2) is 50.3 Å². The highest BCUT2D eigenvalue weighted by atomic mass is 16.8. The lowest BCUT2D eigenvalue weighted by atomic mass is 9.93. The van der Waals surface area contributed by atoms with E-state index in [2.05, 4.69) is 0 Å². The summed E-state index contributed by atoms with van der Waals surface area (Å²) in [6.45, 7) is 13.2. The molecule has 30 saturated heterocycles. The Kier molecular flexibility index (Phi) is 24.4. The van der Waals surface area contributed by atoms with Crippen LogP contribution < -0.4 is 0 Å². The molecule has 0 aromatic heterocycles. The summed E-state index contributed by atoms with van der Waals surface area (Å²) >= 11 is 0. The molecule has 0 aliphatic carbocycles. The number of aliphatic hydroxyl groups excluding tert-OH is 16. The van der Waals surface area contributed by atoms with Gasteiger partial charge in [-0.25, -0.2) is 0 Å². The quantitative estimate of drug-likeness (QED) is 0.108. The summed E-state index contributed by atoms with van der Waals surface area (Å²) in [4.78, 5) is 0. The van der Waals surface area contributed by atoms with Gasteiger partial charge < -0.3 is 157 Å². The van der Waals surface area contributed by atoms with Crippen LogP contribution in [-0.4, -0.2) is 327 Å². The van der Waals surface area contributed by atoms with Crippen molar-refractivity contribution in [3.63, 3.8) is 0 Å². The second-order valence-electron chi connectivity index (χ2n) is 24.3. The van der Waals surface area contributed by atoms with Gasteiger partial charge in [-0.05, 0) is 51.4 Å². The molecule has 0 aromatic rings. The van der Waals surface area contributed by atoms with Gasteiger partial charge in [0.05, 0.1) is 48.8 Å². The van der Waals surface area contributed by atoms with Crippen LogP contribution in [0.1, 0.15) is 107 Å². The van der Waals surface area contributed by atoms with Gasteiger partial charge in [-0.15, -0.1) is 0 Å². The van der Waals surface area contributed by atoms with Crippen molar-refractivity contribution in [2.24, 2.45) is 0 Å². The van der Waals surface area contributed by atoms with Crippen molar-refractivity contribution < 1.29 is 157 Å². The fourth-order valence-electron chi connectivity index (χ4n) is 13.4. The Balaban J connectivity index is 0.975. The van der Waals surface area contributed by atoms with Crippen LogP contribution in [0.25, 0.3) is 0 Å². The van der Waals surface area contributed by atoms with Crippen molar-refractivity contribution in [3.8, 4) is 0 Å². The third-order valence-electron chi connectivity index (χ3n) is 18.7. The van der Waals surface area contributed by atoms with Crippen LogP contribution in [0.4, 0.5) is 0 Å². The van der Waals surface area contributed by atoms with Crippen molar-refractivity contribution in [2.75, 3.05) is 0 Å². The molecule has 16 unspecified atom stereocenters. The zero-order valence-electron chi connectivity index (χ0n) is 50.4. The topological polar surface area (TPSA) is 471 Å². The summed E-state index contributed by atoms with van der Waals surface area (Å²) < 4.78 is 97.9. The molecule has 0 radical (unpaired) electrons. The minimum absolute atomic E-state index is 0.0886. The molecule has 0 saturated carbocycles. The Morgan fingerprint density at radius 3 is 0.318 bits per heavy atom. The van der Waals surface area contributed by atoms with Crippen molar-refractivity contribution in [3.05, 3.63) is 0 Å². The molecule has 0 spiro atoms. The van der Waals surface area contributed by atoms with Gasteiger partial charge in [-0.2, -0.15) is 0 Å². The molecule has 30 rings (SSSR count). The zero-order valence-corrected chi connectivity index (χ0v) is 50.4. The molecule has 30 aliphatic heterocycles. The maximum absolute atomic E-state index is 11.7. The highest BCUT2D eigenvalue weighted by molar-refractivity contribution is 5.02. The second kappa shape index (κ2) is 30.2. The van der Waals surface area contributed by atoms with Gasteiger partial charge >= 0.3 is 0 Å². The largest absolute Gasteiger partial charge is 0.387 e. The maximum atomic E-state index is 11.7. The molecule has 32 heteroatoms. The molecule has 30 fully saturated rings. The lowest BCUT2D eigenvalue weighted by Crippen LogP contribution is -2.68. The Labute approximate surface area is 508 Å². The number of hydrogen-bond donors (Lipinski definition) is 16. The first-order valence-corrected chi connectivity index (χ1v) is 31.3. The van der Waals surface area contributed by atoms with Crippen LogP contribution in [-0.2, 0) is 75.8 Å². The molecule has 16 bridgehead atoms. The lowest BCUT2D eigenvalue weighted by Gasteiger charge is -2.51. The van der Waals surface area contributed by atoms with Crippen LogP contribution in [0.5, 0.6) is 0 Å². The van der Waals surface area contributed by atoms with Crippen LogP contribution in [0, 0.1) is 0 Å². The van der Waals surface area contributed by atoms with Crippen molar-refractivity contribution in [1.82, 2.24) is 0 Å². The average Bonchev–Trinajstić information content (AvgIpc) is 0.985. The molecule has 16 N–H and O–H groups in total. The molecular formula is C56H96O32. The molecule has 512 valence electrons. The van der Waals surface area contributed by atoms with Crippen molar-refractivity contribution >= 4 is 0 Å². The zero-order chi connectivity index (χ0) is 64.1. The molecular weight excluding hydrogens is 1180 g/mol. The van der Waals surface area contributed by atoms with E-state index in [9.17, 15) is 81.7 Å². The molecule has 0 aromatic carbocycles. The van der Waals surface area contributed by atoms with Gasteiger partial charge in [0.1, 0.15) is 146 Å². The molecule has 30 aliphatic rings. The van der Waals surface area contributed by atoms with E-state index < -0.39 is 246 Å². The summed E-state index contributed by atoms with van der Waals surface area (Å²) in [5.41, 5.74) is 0. The smallest absolute Gasteiger partial charge is 0.187 e. The third-order valence-corrected chi connectivity index (χ3v) is 18.7. The first kappa shape index (κ1) is 71.0. The standard InChI is InChI=1S/C56H96O32/c1-9-17-41-25(57)33(65)49(73-17)82-42-18(10-2)75-51(35(67)27(42)59)84-44-20(12-4)77-53(37(69)29(44)61)86-46-22(14-6)79-55(39(71)31(46)63)88-48-24(16-8)80-56(40(72)32(48)64)87-47-23(15-7)78-54(38(70)30(47)62)85-45-21(13-5)76-52(36(68)28(45)60)83-43-19(11-3)74-50(81-41)34(66)26(43)58/h17-72H,9-16H2,1-8H3/t17?,18?,19?,20?,21?,22?,23?,24?,25?,26?,27?,28?,29?,30?,31?,32?,33-,34-,35-,36-,37-,38-,39-,40-,41-,42-,43-,44-,45-,46-,47-,48-,49-,50-,51-,52-,53-,54-,55-,56-/m1/s1. The monoisotopic (exact) mass is 1280 g/mol. The predicted octanol–water partition coefficient (Wildman–Crippen LogP) is -6.06. The summed E-state index contributed by atoms with van der Waals surface area (Å²) in [6, 6.07) is 0. The number of hydrogen-bond acceptors (Lipinski definition) is 32. The van der Waals surface area contributed by atoms with Crippen LogP contribution >= 0.6 is 0 Å². The van der Waals surface area contributed by atoms with E-state index in [0.29, 0.717) is 0 Å². The first-order chi connectivity index (χ1) is 41.9. The number of ether oxygens (including phenoxy) is 16. The van der Waals surface area contributed by atoms with E-state index in [-0.39, 0.29) is 51.4 Å². The summed E-state index contributed by atoms with van der Waals surface area (Å²) in [5, 5.41) is 186. The van der Waals surface area contributed by atoms with Gasteiger partial charge in [0.25, 0.3) is 0 Å². The van der Waals surface area contributed by atoms with Gasteiger partial charge in [-0.3, -0.25) is 0 Å². The third kappa shape index (κ3) is 13.9. The minimum atomic E-state index is -1.92. The summed E-state index contributed by atoms with van der Waals surface area (Å²) in [6.07, 6.45) is -63.7. The average molecular weight is 1280 g/mol. The highest BCUT2D eigenvalue weighted by Crippen LogP contribution is 2.41. The summed E-state index contributed by atoms with van der Waals surface area (Å²) in [7, 11) is 0. The van der Waals surface area contributed by atoms with E-state index in [1.807, 2.05) is 0 Å². The Morgan fingerprint density at radius 2 is 0.239 bits per heavy atom. The second-order valence-corrected chi connectivity index (χ2v) is 24.3. The molecule has 40 atom stereocenters. The van der Waals surface area contributed by atoms with E-state index in [0.717, 1.165) is 0 Å². The fraction of sp³-hybridized carbons (Fsp3) is 1.00. The van der Waals surface area contributed by atoms with Crippen LogP contribution in [0.2, 0.25) is 0 Å². The number of aliphatic hydroxyl groups is 16.